The number of furan rings is 1. The quantitative estimate of drug-likeness (QED) is 0.292. The Morgan fingerprint density at radius 2 is 2.00 bits per heavy atom. The molecule has 0 saturated carbocycles. The highest BCUT2D eigenvalue weighted by Gasteiger charge is 2.16. The van der Waals surface area contributed by atoms with Crippen molar-refractivity contribution in [2.75, 3.05) is 21.1 Å². The Kier molecular flexibility index (Phi) is 4.53. The van der Waals surface area contributed by atoms with E-state index in [2.05, 4.69) is 0 Å². The van der Waals surface area contributed by atoms with Crippen molar-refractivity contribution < 1.29 is 37.8 Å². The van der Waals surface area contributed by atoms with E-state index >= 15 is 0 Å². The van der Waals surface area contributed by atoms with Crippen molar-refractivity contribution in [2.24, 2.45) is 0 Å². The first-order chi connectivity index (χ1) is 5.88. The van der Waals surface area contributed by atoms with Crippen LogP contribution in [0.3, 0.4) is 0 Å². The zero-order chi connectivity index (χ0) is 10.1. The van der Waals surface area contributed by atoms with Crippen molar-refractivity contribution in [1.29, 1.82) is 0 Å². The van der Waals surface area contributed by atoms with Gasteiger partial charge in [-0.3, -0.25) is 10.1 Å². The Morgan fingerprint density at radius 1 is 1.43 bits per heavy atom. The van der Waals surface area contributed by atoms with Crippen molar-refractivity contribution in [3.8, 4) is 0 Å². The van der Waals surface area contributed by atoms with Gasteiger partial charge in [-0.2, -0.15) is 0 Å². The first-order valence-electron chi connectivity index (χ1n) is 3.92. The van der Waals surface area contributed by atoms with Gasteiger partial charge in [0.2, 0.25) is 0 Å². The summed E-state index contributed by atoms with van der Waals surface area (Å²) in [5.41, 5.74) is 0. The number of nitro groups is 1. The van der Waals surface area contributed by atoms with E-state index in [1.165, 1.54) is 6.07 Å². The predicted molar refractivity (Wildman–Crippen MR) is 47.1 cm³/mol. The predicted octanol–water partition coefficient (Wildman–Crippen LogP) is -1.60. The third-order valence-corrected chi connectivity index (χ3v) is 1.46. The highest BCUT2D eigenvalue weighted by atomic mass is 127. The largest absolute Gasteiger partial charge is 1.00 e. The Labute approximate surface area is 99.5 Å². The molecule has 1 rings (SSSR count). The lowest BCUT2D eigenvalue weighted by atomic mass is 10.4. The van der Waals surface area contributed by atoms with Crippen LogP contribution >= 0.6 is 0 Å². The second-order valence-electron chi connectivity index (χ2n) is 3.95. The minimum Gasteiger partial charge on any atom is -1.00 e. The Morgan fingerprint density at radius 3 is 2.36 bits per heavy atom. The van der Waals surface area contributed by atoms with Crippen LogP contribution in [-0.2, 0) is 6.54 Å². The molecule has 1 aromatic heterocycles. The maximum Gasteiger partial charge on any atom is 0.433 e. The minimum atomic E-state index is -0.529. The molecule has 6 heteroatoms. The van der Waals surface area contributed by atoms with Gasteiger partial charge in [-0.1, -0.05) is 0 Å². The zero-order valence-electron chi connectivity index (χ0n) is 8.36. The molecule has 0 saturated heterocycles. The van der Waals surface area contributed by atoms with Crippen LogP contribution < -0.4 is 24.0 Å². The van der Waals surface area contributed by atoms with Gasteiger partial charge in [0.15, 0.2) is 5.76 Å². The molecule has 0 unspecified atom stereocenters. The molecule has 1 aromatic rings. The monoisotopic (exact) mass is 312 g/mol. The highest BCUT2D eigenvalue weighted by Crippen LogP contribution is 2.17. The van der Waals surface area contributed by atoms with Crippen LogP contribution in [0.25, 0.3) is 0 Å². The van der Waals surface area contributed by atoms with Crippen molar-refractivity contribution in [3.63, 3.8) is 0 Å². The summed E-state index contributed by atoms with van der Waals surface area (Å²) < 4.78 is 5.69. The molecule has 0 bridgehead atoms. The molecule has 0 aliphatic carbocycles. The molecule has 0 amide bonds. The standard InChI is InChI=1S/C8H13N2O3.HI/c1-10(2,3)6-7-4-5-8(13-7)9(11)12;/h4-5H,6H2,1-3H3;1H/q+1;/p-1. The summed E-state index contributed by atoms with van der Waals surface area (Å²) in [6.45, 7) is 0.647. The van der Waals surface area contributed by atoms with Gasteiger partial charge in [0.1, 0.15) is 11.5 Å². The number of halogens is 1. The SMILES string of the molecule is C[N+](C)(C)Cc1ccc([N+](=O)[O-])o1.[I-]. The summed E-state index contributed by atoms with van der Waals surface area (Å²) in [5, 5.41) is 10.3. The van der Waals surface area contributed by atoms with Gasteiger partial charge in [-0.15, -0.1) is 0 Å². The highest BCUT2D eigenvalue weighted by molar-refractivity contribution is 5.17. The fourth-order valence-electron chi connectivity index (χ4n) is 1.02. The molecule has 0 aromatic carbocycles. The first-order valence-corrected chi connectivity index (χ1v) is 3.92. The first kappa shape index (κ1) is 13.4. The lowest BCUT2D eigenvalue weighted by Gasteiger charge is -2.21. The van der Waals surface area contributed by atoms with Crippen molar-refractivity contribution in [3.05, 3.63) is 28.0 Å². The number of nitrogens with zero attached hydrogens (tertiary/aromatic N) is 2. The molecule has 14 heavy (non-hydrogen) atoms. The summed E-state index contributed by atoms with van der Waals surface area (Å²) >= 11 is 0. The van der Waals surface area contributed by atoms with Crippen LogP contribution in [0, 0.1) is 10.1 Å². The molecule has 1 heterocycles. The second kappa shape index (κ2) is 4.74. The molecule has 0 aliphatic rings. The molecule has 80 valence electrons. The summed E-state index contributed by atoms with van der Waals surface area (Å²) in [6, 6.07) is 3.02. The van der Waals surface area contributed by atoms with E-state index in [4.69, 9.17) is 4.42 Å². The Balaban J connectivity index is 0.00000169. The van der Waals surface area contributed by atoms with Crippen LogP contribution in [-0.4, -0.2) is 30.5 Å². The van der Waals surface area contributed by atoms with Gasteiger partial charge in [-0.05, 0) is 6.07 Å². The Hall–Kier alpha value is -0.630. The fraction of sp³-hybridized carbons (Fsp3) is 0.500. The molecule has 0 aliphatic heterocycles. The summed E-state index contributed by atoms with van der Waals surface area (Å²) in [7, 11) is 5.98. The lowest BCUT2D eigenvalue weighted by molar-refractivity contribution is -0.884. The third-order valence-electron chi connectivity index (χ3n) is 1.46. The minimum absolute atomic E-state index is 0. The van der Waals surface area contributed by atoms with Gasteiger partial charge in [0.25, 0.3) is 0 Å². The van der Waals surface area contributed by atoms with E-state index in [9.17, 15) is 10.1 Å². The van der Waals surface area contributed by atoms with Crippen LogP contribution in [0.15, 0.2) is 16.5 Å². The van der Waals surface area contributed by atoms with Crippen molar-refractivity contribution in [2.45, 2.75) is 6.54 Å². The average Bonchev–Trinajstić information content (AvgIpc) is 2.31. The molecule has 0 spiro atoms. The molecule has 0 N–H and O–H groups in total. The van der Waals surface area contributed by atoms with Crippen molar-refractivity contribution in [1.82, 2.24) is 0 Å². The number of rotatable bonds is 3. The number of hydrogen-bond donors (Lipinski definition) is 0. The number of hydrogen-bond acceptors (Lipinski definition) is 3. The Bertz CT molecular complexity index is 317. The van der Waals surface area contributed by atoms with E-state index in [0.29, 0.717) is 16.8 Å². The van der Waals surface area contributed by atoms with Gasteiger partial charge < -0.3 is 32.9 Å². The van der Waals surface area contributed by atoms with Crippen molar-refractivity contribution >= 4 is 5.88 Å². The van der Waals surface area contributed by atoms with Gasteiger partial charge >= 0.3 is 5.88 Å². The smallest absolute Gasteiger partial charge is 0.433 e. The van der Waals surface area contributed by atoms with Crippen LogP contribution in [0.1, 0.15) is 5.76 Å². The van der Waals surface area contributed by atoms with E-state index in [0.717, 1.165) is 0 Å². The molecular formula is C8H13IN2O3. The maximum atomic E-state index is 10.3. The van der Waals surface area contributed by atoms with E-state index in [-0.39, 0.29) is 29.9 Å². The third kappa shape index (κ3) is 4.05. The topological polar surface area (TPSA) is 56.3 Å². The molecule has 5 nitrogen and oxygen atoms in total. The molecule has 0 atom stereocenters. The van der Waals surface area contributed by atoms with Crippen LogP contribution in [0.2, 0.25) is 0 Å². The summed E-state index contributed by atoms with van der Waals surface area (Å²) in [4.78, 5) is 9.76. The van der Waals surface area contributed by atoms with E-state index < -0.39 is 4.92 Å². The van der Waals surface area contributed by atoms with Gasteiger partial charge in [-0.25, -0.2) is 0 Å². The van der Waals surface area contributed by atoms with E-state index in [1.807, 2.05) is 21.1 Å². The summed E-state index contributed by atoms with van der Waals surface area (Å²) in [6.07, 6.45) is 0. The second-order valence-corrected chi connectivity index (χ2v) is 3.95. The van der Waals surface area contributed by atoms with Gasteiger partial charge in [0.05, 0.1) is 27.2 Å². The number of quaternary nitrogens is 1. The lowest BCUT2D eigenvalue weighted by Crippen LogP contribution is -3.00. The fourth-order valence-corrected chi connectivity index (χ4v) is 1.02. The molecule has 0 fully saturated rings. The maximum absolute atomic E-state index is 10.3. The van der Waals surface area contributed by atoms with Gasteiger partial charge in [0, 0.05) is 0 Å². The molecular weight excluding hydrogens is 299 g/mol. The average molecular weight is 312 g/mol. The summed E-state index contributed by atoms with van der Waals surface area (Å²) in [5.74, 6) is 0.447. The normalized spacial score (nSPS) is 10.8. The van der Waals surface area contributed by atoms with Crippen LogP contribution in [0.5, 0.6) is 0 Å². The van der Waals surface area contributed by atoms with Crippen LogP contribution in [0.4, 0.5) is 5.88 Å². The zero-order valence-corrected chi connectivity index (χ0v) is 10.5. The van der Waals surface area contributed by atoms with E-state index in [1.54, 1.807) is 6.07 Å². The molecule has 0 radical (unpaired) electrons.